The van der Waals surface area contributed by atoms with Gasteiger partial charge in [0.05, 0.1) is 0 Å². The zero-order chi connectivity index (χ0) is 10.1. The molecule has 0 aliphatic rings. The molecule has 0 spiro atoms. The lowest BCUT2D eigenvalue weighted by Crippen LogP contribution is -2.17. The van der Waals surface area contributed by atoms with E-state index in [9.17, 15) is 13.2 Å². The van der Waals surface area contributed by atoms with E-state index in [1.165, 1.54) is 18.2 Å². The van der Waals surface area contributed by atoms with Crippen molar-refractivity contribution in [2.75, 3.05) is 0 Å². The molecule has 0 aliphatic carbocycles. The van der Waals surface area contributed by atoms with E-state index in [-0.39, 0.29) is 5.75 Å². The van der Waals surface area contributed by atoms with Gasteiger partial charge in [0.1, 0.15) is 5.75 Å². The van der Waals surface area contributed by atoms with Crippen molar-refractivity contribution in [2.24, 2.45) is 0 Å². The molecule has 1 rings (SSSR count). The Morgan fingerprint density at radius 1 is 1.31 bits per heavy atom. The van der Waals surface area contributed by atoms with Crippen LogP contribution in [0.25, 0.3) is 0 Å². The van der Waals surface area contributed by atoms with Crippen molar-refractivity contribution in [1.29, 1.82) is 0 Å². The first kappa shape index (κ1) is 9.89. The summed E-state index contributed by atoms with van der Waals surface area (Å²) in [5.41, 5.74) is 1.36. The van der Waals surface area contributed by atoms with Gasteiger partial charge in [-0.2, -0.15) is 0 Å². The third-order valence-electron chi connectivity index (χ3n) is 1.55. The molecule has 13 heavy (non-hydrogen) atoms. The van der Waals surface area contributed by atoms with Crippen molar-refractivity contribution < 1.29 is 17.9 Å². The van der Waals surface area contributed by atoms with E-state index in [4.69, 9.17) is 0 Å². The zero-order valence-electron chi connectivity index (χ0n) is 6.98. The van der Waals surface area contributed by atoms with Gasteiger partial charge in [0.25, 0.3) is 0 Å². The van der Waals surface area contributed by atoms with Gasteiger partial charge in [-0.25, -0.2) is 0 Å². The lowest BCUT2D eigenvalue weighted by molar-refractivity contribution is -0.274. The molecule has 0 atom stereocenters. The number of aryl methyl sites for hydroxylation is 1. The van der Waals surface area contributed by atoms with E-state index in [0.717, 1.165) is 5.56 Å². The van der Waals surface area contributed by atoms with Crippen LogP contribution in [0.3, 0.4) is 0 Å². The molecule has 71 valence electrons. The highest BCUT2D eigenvalue weighted by Crippen LogP contribution is 2.24. The van der Waals surface area contributed by atoms with Crippen LogP contribution < -0.4 is 4.74 Å². The van der Waals surface area contributed by atoms with E-state index in [2.05, 4.69) is 11.7 Å². The van der Waals surface area contributed by atoms with Gasteiger partial charge in [-0.3, -0.25) is 0 Å². The van der Waals surface area contributed by atoms with Crippen molar-refractivity contribution in [2.45, 2.75) is 13.3 Å². The Bertz CT molecular complexity index is 304. The van der Waals surface area contributed by atoms with Crippen LogP contribution in [0.5, 0.6) is 5.75 Å². The van der Waals surface area contributed by atoms with Crippen LogP contribution in [0.15, 0.2) is 18.2 Å². The Morgan fingerprint density at radius 3 is 2.38 bits per heavy atom. The Kier molecular flexibility index (Phi) is 2.50. The predicted octanol–water partition coefficient (Wildman–Crippen LogP) is 3.08. The first-order chi connectivity index (χ1) is 5.88. The standard InChI is InChI=1S/C9H8F3O/c1-6-3-4-8(5-7(6)2)13-9(10,11)12/h3-5H,2H2,1H3. The molecular formula is C9H8F3O. The number of ether oxygens (including phenoxy) is 1. The molecule has 0 bridgehead atoms. The summed E-state index contributed by atoms with van der Waals surface area (Å²) < 4.78 is 38.9. The van der Waals surface area contributed by atoms with Crippen LogP contribution in [-0.2, 0) is 0 Å². The number of rotatable bonds is 1. The van der Waals surface area contributed by atoms with Gasteiger partial charge in [-0.1, -0.05) is 6.07 Å². The molecule has 0 fully saturated rings. The SMILES string of the molecule is [CH2]c1cc(OC(F)(F)F)ccc1C. The van der Waals surface area contributed by atoms with E-state index in [0.29, 0.717) is 5.56 Å². The molecule has 0 amide bonds. The summed E-state index contributed by atoms with van der Waals surface area (Å²) >= 11 is 0. The lowest BCUT2D eigenvalue weighted by Gasteiger charge is -2.09. The molecule has 4 heteroatoms. The maximum Gasteiger partial charge on any atom is 0.573 e. The average molecular weight is 189 g/mol. The Morgan fingerprint density at radius 2 is 1.92 bits per heavy atom. The topological polar surface area (TPSA) is 9.23 Å². The first-order valence-corrected chi connectivity index (χ1v) is 3.57. The van der Waals surface area contributed by atoms with E-state index in [1.54, 1.807) is 6.92 Å². The molecular weight excluding hydrogens is 181 g/mol. The number of hydrogen-bond donors (Lipinski definition) is 0. The minimum absolute atomic E-state index is 0.233. The lowest BCUT2D eigenvalue weighted by atomic mass is 10.1. The Balaban J connectivity index is 2.86. The van der Waals surface area contributed by atoms with Gasteiger partial charge in [-0.05, 0) is 37.1 Å². The van der Waals surface area contributed by atoms with Crippen LogP contribution in [0.4, 0.5) is 13.2 Å². The maximum atomic E-state index is 11.7. The molecule has 0 aliphatic heterocycles. The maximum absolute atomic E-state index is 11.7. The Hall–Kier alpha value is -1.19. The summed E-state index contributed by atoms with van der Waals surface area (Å²) in [6.07, 6.45) is -4.64. The summed E-state index contributed by atoms with van der Waals surface area (Å²) in [7, 11) is 0. The zero-order valence-corrected chi connectivity index (χ0v) is 6.98. The van der Waals surface area contributed by atoms with Gasteiger partial charge in [0, 0.05) is 0 Å². The third kappa shape index (κ3) is 2.97. The van der Waals surface area contributed by atoms with Crippen molar-refractivity contribution >= 4 is 0 Å². The second kappa shape index (κ2) is 3.28. The van der Waals surface area contributed by atoms with Gasteiger partial charge in [0.15, 0.2) is 0 Å². The fourth-order valence-electron chi connectivity index (χ4n) is 0.845. The third-order valence-corrected chi connectivity index (χ3v) is 1.55. The highest BCUT2D eigenvalue weighted by molar-refractivity contribution is 5.36. The van der Waals surface area contributed by atoms with Crippen LogP contribution in [0.1, 0.15) is 11.1 Å². The monoisotopic (exact) mass is 189 g/mol. The molecule has 1 aromatic rings. The smallest absolute Gasteiger partial charge is 0.406 e. The normalized spacial score (nSPS) is 11.5. The summed E-state index contributed by atoms with van der Waals surface area (Å²) in [6, 6.07) is 4.05. The van der Waals surface area contributed by atoms with Gasteiger partial charge >= 0.3 is 6.36 Å². The minimum Gasteiger partial charge on any atom is -0.406 e. The fraction of sp³-hybridized carbons (Fsp3) is 0.222. The quantitative estimate of drug-likeness (QED) is 0.659. The molecule has 0 aromatic heterocycles. The molecule has 1 radical (unpaired) electrons. The van der Waals surface area contributed by atoms with Crippen LogP contribution in [-0.4, -0.2) is 6.36 Å². The predicted molar refractivity (Wildman–Crippen MR) is 42.3 cm³/mol. The van der Waals surface area contributed by atoms with Gasteiger partial charge in [-0.15, -0.1) is 13.2 Å². The molecule has 0 heterocycles. The fourth-order valence-corrected chi connectivity index (χ4v) is 0.845. The number of benzene rings is 1. The second-order valence-electron chi connectivity index (χ2n) is 2.64. The molecule has 0 N–H and O–H groups in total. The van der Waals surface area contributed by atoms with Crippen molar-refractivity contribution in [3.63, 3.8) is 0 Å². The van der Waals surface area contributed by atoms with E-state index < -0.39 is 6.36 Å². The van der Waals surface area contributed by atoms with Crippen molar-refractivity contribution in [3.05, 3.63) is 36.2 Å². The molecule has 0 saturated carbocycles. The summed E-state index contributed by atoms with van der Waals surface area (Å²) in [5, 5.41) is 0. The number of halogens is 3. The highest BCUT2D eigenvalue weighted by atomic mass is 19.4. The van der Waals surface area contributed by atoms with Crippen LogP contribution in [0.2, 0.25) is 0 Å². The molecule has 0 unspecified atom stereocenters. The van der Waals surface area contributed by atoms with Gasteiger partial charge < -0.3 is 4.74 Å². The van der Waals surface area contributed by atoms with Crippen molar-refractivity contribution in [1.82, 2.24) is 0 Å². The van der Waals surface area contributed by atoms with Crippen molar-refractivity contribution in [3.8, 4) is 5.75 Å². The molecule has 1 nitrogen and oxygen atoms in total. The van der Waals surface area contributed by atoms with Crippen LogP contribution >= 0.6 is 0 Å². The highest BCUT2D eigenvalue weighted by Gasteiger charge is 2.31. The number of hydrogen-bond acceptors (Lipinski definition) is 1. The van der Waals surface area contributed by atoms with E-state index in [1.807, 2.05) is 0 Å². The first-order valence-electron chi connectivity index (χ1n) is 3.57. The number of alkyl halides is 3. The summed E-state index contributed by atoms with van der Waals surface area (Å²) in [4.78, 5) is 0. The van der Waals surface area contributed by atoms with E-state index >= 15 is 0 Å². The Labute approximate surface area is 74.1 Å². The van der Waals surface area contributed by atoms with Gasteiger partial charge in [0.2, 0.25) is 0 Å². The minimum atomic E-state index is -4.64. The molecule has 1 aromatic carbocycles. The summed E-state index contributed by atoms with van der Waals surface area (Å²) in [5.74, 6) is -0.233. The second-order valence-corrected chi connectivity index (χ2v) is 2.64. The largest absolute Gasteiger partial charge is 0.573 e. The molecule has 0 saturated heterocycles. The summed E-state index contributed by atoms with van der Waals surface area (Å²) in [6.45, 7) is 5.33. The average Bonchev–Trinajstić information content (AvgIpc) is 1.94. The van der Waals surface area contributed by atoms with Crippen LogP contribution in [0, 0.1) is 13.8 Å².